The molecule has 1 rings (SSSR count). The van der Waals surface area contributed by atoms with Crippen LogP contribution in [0.15, 0.2) is 0 Å². The molecule has 2 heteroatoms. The van der Waals surface area contributed by atoms with Crippen molar-refractivity contribution < 1.29 is 4.79 Å². The minimum atomic E-state index is -0.231. The molecule has 17 heavy (non-hydrogen) atoms. The normalized spacial score (nSPS) is 21.5. The second kappa shape index (κ2) is 6.53. The number of rotatable bonds is 6. The van der Waals surface area contributed by atoms with E-state index in [-0.39, 0.29) is 5.54 Å². The van der Waals surface area contributed by atoms with E-state index in [0.717, 1.165) is 32.4 Å². The largest absolute Gasteiger partial charge is 0.297 e. The van der Waals surface area contributed by atoms with Crippen LogP contribution < -0.4 is 0 Å². The van der Waals surface area contributed by atoms with Crippen LogP contribution in [0, 0.1) is 5.92 Å². The van der Waals surface area contributed by atoms with Crippen LogP contribution in [-0.2, 0) is 4.79 Å². The zero-order chi connectivity index (χ0) is 12.9. The lowest BCUT2D eigenvalue weighted by Crippen LogP contribution is -2.54. The highest BCUT2D eigenvalue weighted by atomic mass is 16.1. The van der Waals surface area contributed by atoms with Crippen molar-refractivity contribution in [3.8, 4) is 0 Å². The fourth-order valence-electron chi connectivity index (χ4n) is 3.28. The fourth-order valence-corrected chi connectivity index (χ4v) is 3.28. The molecule has 0 heterocycles. The number of hydrogen-bond donors (Lipinski definition) is 0. The first kappa shape index (κ1) is 14.7. The van der Waals surface area contributed by atoms with E-state index in [2.05, 4.69) is 32.6 Å². The Morgan fingerprint density at radius 1 is 1.12 bits per heavy atom. The van der Waals surface area contributed by atoms with E-state index in [4.69, 9.17) is 0 Å². The van der Waals surface area contributed by atoms with Crippen LogP contribution in [0.4, 0.5) is 0 Å². The number of carbonyl (C=O) groups is 1. The second-order valence-corrected chi connectivity index (χ2v) is 5.50. The lowest BCUT2D eigenvalue weighted by molar-refractivity contribution is -0.135. The van der Waals surface area contributed by atoms with Gasteiger partial charge in [-0.05, 0) is 39.3 Å². The van der Waals surface area contributed by atoms with Gasteiger partial charge in [0.05, 0.1) is 5.54 Å². The Hall–Kier alpha value is -0.370. The molecule has 1 saturated carbocycles. The van der Waals surface area contributed by atoms with Gasteiger partial charge < -0.3 is 0 Å². The van der Waals surface area contributed by atoms with Gasteiger partial charge in [0.1, 0.15) is 0 Å². The molecule has 2 nitrogen and oxygen atoms in total. The smallest absolute Gasteiger partial charge is 0.155 e. The molecule has 0 spiro atoms. The molecule has 0 aromatic carbocycles. The van der Waals surface area contributed by atoms with Crippen molar-refractivity contribution in [2.24, 2.45) is 5.92 Å². The maximum absolute atomic E-state index is 12.8. The molecule has 0 aliphatic heterocycles. The summed E-state index contributed by atoms with van der Waals surface area (Å²) in [5.41, 5.74) is -0.231. The van der Waals surface area contributed by atoms with Gasteiger partial charge in [-0.2, -0.15) is 0 Å². The minimum Gasteiger partial charge on any atom is -0.297 e. The van der Waals surface area contributed by atoms with Gasteiger partial charge in [-0.25, -0.2) is 0 Å². The molecule has 1 fully saturated rings. The number of hydrogen-bond acceptors (Lipinski definition) is 2. The van der Waals surface area contributed by atoms with Crippen LogP contribution in [0.25, 0.3) is 0 Å². The molecule has 100 valence electrons. The Labute approximate surface area is 107 Å². The summed E-state index contributed by atoms with van der Waals surface area (Å²) >= 11 is 0. The van der Waals surface area contributed by atoms with E-state index in [1.807, 2.05) is 0 Å². The highest BCUT2D eigenvalue weighted by molar-refractivity contribution is 5.90. The number of ketones is 1. The topological polar surface area (TPSA) is 20.3 Å². The highest BCUT2D eigenvalue weighted by Crippen LogP contribution is 2.32. The Bertz CT molecular complexity index is 241. The van der Waals surface area contributed by atoms with Crippen molar-refractivity contribution in [2.45, 2.75) is 71.8 Å². The van der Waals surface area contributed by atoms with Gasteiger partial charge in [0.25, 0.3) is 0 Å². The SMILES string of the molecule is CCN(CC)C(C)(CC)C(=O)C1CCCCC1. The van der Waals surface area contributed by atoms with Crippen molar-refractivity contribution in [2.75, 3.05) is 13.1 Å². The number of Topliss-reactive ketones (excluding diaryl/α,β-unsaturated/α-hetero) is 1. The first-order chi connectivity index (χ1) is 8.10. The third kappa shape index (κ3) is 3.09. The van der Waals surface area contributed by atoms with Gasteiger partial charge in [-0.1, -0.05) is 40.0 Å². The lowest BCUT2D eigenvalue weighted by Gasteiger charge is -2.41. The van der Waals surface area contributed by atoms with Crippen LogP contribution in [-0.4, -0.2) is 29.3 Å². The molecule has 0 N–H and O–H groups in total. The molecular formula is C15H29NO. The molecular weight excluding hydrogens is 210 g/mol. The lowest BCUT2D eigenvalue weighted by atomic mass is 9.77. The first-order valence-corrected chi connectivity index (χ1v) is 7.39. The van der Waals surface area contributed by atoms with Crippen molar-refractivity contribution in [1.82, 2.24) is 4.90 Å². The highest BCUT2D eigenvalue weighted by Gasteiger charge is 2.39. The monoisotopic (exact) mass is 239 g/mol. The molecule has 0 amide bonds. The Kier molecular flexibility index (Phi) is 5.64. The number of nitrogens with zero attached hydrogens (tertiary/aromatic N) is 1. The standard InChI is InChI=1S/C15H29NO/c1-5-15(4,16(6-2)7-3)14(17)13-11-9-8-10-12-13/h13H,5-12H2,1-4H3. The summed E-state index contributed by atoms with van der Waals surface area (Å²) in [4.78, 5) is 15.1. The van der Waals surface area contributed by atoms with Gasteiger partial charge in [0.15, 0.2) is 5.78 Å². The van der Waals surface area contributed by atoms with Crippen molar-refractivity contribution in [1.29, 1.82) is 0 Å². The number of carbonyl (C=O) groups excluding carboxylic acids is 1. The Balaban J connectivity index is 2.79. The fraction of sp³-hybridized carbons (Fsp3) is 0.933. The zero-order valence-corrected chi connectivity index (χ0v) is 12.1. The van der Waals surface area contributed by atoms with E-state index >= 15 is 0 Å². The molecule has 1 aliphatic rings. The molecule has 1 atom stereocenters. The maximum Gasteiger partial charge on any atom is 0.155 e. The van der Waals surface area contributed by atoms with Gasteiger partial charge in [-0.3, -0.25) is 9.69 Å². The maximum atomic E-state index is 12.8. The van der Waals surface area contributed by atoms with Crippen LogP contribution in [0.1, 0.15) is 66.2 Å². The summed E-state index contributed by atoms with van der Waals surface area (Å²) < 4.78 is 0. The minimum absolute atomic E-state index is 0.231. The van der Waals surface area contributed by atoms with E-state index in [0.29, 0.717) is 11.7 Å². The van der Waals surface area contributed by atoms with Crippen LogP contribution in [0.2, 0.25) is 0 Å². The molecule has 0 aromatic heterocycles. The summed E-state index contributed by atoms with van der Waals surface area (Å²) in [6.07, 6.45) is 6.98. The van der Waals surface area contributed by atoms with E-state index in [9.17, 15) is 4.79 Å². The zero-order valence-electron chi connectivity index (χ0n) is 12.1. The van der Waals surface area contributed by atoms with Crippen molar-refractivity contribution in [3.63, 3.8) is 0 Å². The van der Waals surface area contributed by atoms with E-state index < -0.39 is 0 Å². The predicted molar refractivity (Wildman–Crippen MR) is 73.2 cm³/mol. The molecule has 0 radical (unpaired) electrons. The molecule has 0 bridgehead atoms. The molecule has 1 unspecified atom stereocenters. The van der Waals surface area contributed by atoms with E-state index in [1.165, 1.54) is 19.3 Å². The first-order valence-electron chi connectivity index (χ1n) is 7.39. The number of likely N-dealkylation sites (N-methyl/N-ethyl adjacent to an activating group) is 1. The van der Waals surface area contributed by atoms with Crippen molar-refractivity contribution in [3.05, 3.63) is 0 Å². The molecule has 1 aliphatic carbocycles. The summed E-state index contributed by atoms with van der Waals surface area (Å²) in [5.74, 6) is 0.831. The van der Waals surface area contributed by atoms with E-state index in [1.54, 1.807) is 0 Å². The van der Waals surface area contributed by atoms with Gasteiger partial charge >= 0.3 is 0 Å². The van der Waals surface area contributed by atoms with Gasteiger partial charge in [-0.15, -0.1) is 0 Å². The average Bonchev–Trinajstić information content (AvgIpc) is 2.39. The van der Waals surface area contributed by atoms with Crippen molar-refractivity contribution >= 4 is 5.78 Å². The average molecular weight is 239 g/mol. The van der Waals surface area contributed by atoms with Crippen LogP contribution in [0.3, 0.4) is 0 Å². The summed E-state index contributed by atoms with van der Waals surface area (Å²) in [6, 6.07) is 0. The summed E-state index contributed by atoms with van der Waals surface area (Å²) in [5, 5.41) is 0. The third-order valence-electron chi connectivity index (χ3n) is 4.66. The quantitative estimate of drug-likeness (QED) is 0.705. The van der Waals surface area contributed by atoms with Gasteiger partial charge in [0, 0.05) is 5.92 Å². The van der Waals surface area contributed by atoms with Gasteiger partial charge in [0.2, 0.25) is 0 Å². The predicted octanol–water partition coefficient (Wildman–Crippen LogP) is 3.65. The Morgan fingerprint density at radius 2 is 1.65 bits per heavy atom. The second-order valence-electron chi connectivity index (χ2n) is 5.50. The Morgan fingerprint density at radius 3 is 2.06 bits per heavy atom. The van der Waals surface area contributed by atoms with Crippen LogP contribution >= 0.6 is 0 Å². The summed E-state index contributed by atoms with van der Waals surface area (Å²) in [6.45, 7) is 10.6. The molecule has 0 aromatic rings. The summed E-state index contributed by atoms with van der Waals surface area (Å²) in [7, 11) is 0. The van der Waals surface area contributed by atoms with Crippen LogP contribution in [0.5, 0.6) is 0 Å². The molecule has 0 saturated heterocycles. The third-order valence-corrected chi connectivity index (χ3v) is 4.66.